The maximum Gasteiger partial charge on any atom is 0.0332 e. The monoisotopic (exact) mass is 274 g/mol. The zero-order valence-corrected chi connectivity index (χ0v) is 13.5. The SMILES string of the molecule is CCNC(CCN1CC(C)C(C)C1)c1ccc(C)cc1. The number of hydrogen-bond donors (Lipinski definition) is 1. The zero-order valence-electron chi connectivity index (χ0n) is 13.5. The molecule has 112 valence electrons. The molecule has 1 aromatic rings. The van der Waals surface area contributed by atoms with Crippen LogP contribution in [0.15, 0.2) is 24.3 Å². The Morgan fingerprint density at radius 3 is 2.30 bits per heavy atom. The van der Waals surface area contributed by atoms with E-state index in [1.165, 1.54) is 37.2 Å². The Morgan fingerprint density at radius 2 is 1.75 bits per heavy atom. The minimum Gasteiger partial charge on any atom is -0.310 e. The quantitative estimate of drug-likeness (QED) is 0.852. The summed E-state index contributed by atoms with van der Waals surface area (Å²) >= 11 is 0. The van der Waals surface area contributed by atoms with Crippen molar-refractivity contribution in [1.82, 2.24) is 10.2 Å². The Labute approximate surface area is 124 Å². The fourth-order valence-corrected chi connectivity index (χ4v) is 3.17. The van der Waals surface area contributed by atoms with Crippen LogP contribution in [0.4, 0.5) is 0 Å². The van der Waals surface area contributed by atoms with E-state index in [1.807, 2.05) is 0 Å². The van der Waals surface area contributed by atoms with Crippen molar-refractivity contribution in [2.24, 2.45) is 11.8 Å². The highest BCUT2D eigenvalue weighted by molar-refractivity contribution is 5.24. The third-order valence-electron chi connectivity index (χ3n) is 4.73. The molecule has 0 aromatic heterocycles. The molecule has 2 nitrogen and oxygen atoms in total. The summed E-state index contributed by atoms with van der Waals surface area (Å²) in [6.45, 7) is 13.9. The van der Waals surface area contributed by atoms with Crippen LogP contribution < -0.4 is 5.32 Å². The fourth-order valence-electron chi connectivity index (χ4n) is 3.17. The summed E-state index contributed by atoms with van der Waals surface area (Å²) < 4.78 is 0. The molecule has 20 heavy (non-hydrogen) atoms. The van der Waals surface area contributed by atoms with Gasteiger partial charge in [-0.25, -0.2) is 0 Å². The van der Waals surface area contributed by atoms with Gasteiger partial charge in [-0.05, 0) is 43.8 Å². The summed E-state index contributed by atoms with van der Waals surface area (Å²) in [7, 11) is 0. The van der Waals surface area contributed by atoms with Gasteiger partial charge in [0.2, 0.25) is 0 Å². The first-order chi connectivity index (χ1) is 9.60. The number of hydrogen-bond acceptors (Lipinski definition) is 2. The average molecular weight is 274 g/mol. The average Bonchev–Trinajstić information content (AvgIpc) is 2.75. The molecule has 0 amide bonds. The number of nitrogens with one attached hydrogen (secondary N) is 1. The van der Waals surface area contributed by atoms with Crippen LogP contribution in [0.5, 0.6) is 0 Å². The molecule has 0 bridgehead atoms. The summed E-state index contributed by atoms with van der Waals surface area (Å²) in [5.74, 6) is 1.71. The normalized spacial score (nSPS) is 25.0. The minimum atomic E-state index is 0.492. The number of nitrogens with zero attached hydrogens (tertiary/aromatic N) is 1. The highest BCUT2D eigenvalue weighted by atomic mass is 15.2. The Kier molecular flexibility index (Phi) is 5.62. The molecule has 1 fully saturated rings. The maximum atomic E-state index is 3.64. The lowest BCUT2D eigenvalue weighted by Crippen LogP contribution is -2.28. The van der Waals surface area contributed by atoms with E-state index < -0.39 is 0 Å². The van der Waals surface area contributed by atoms with Crippen molar-refractivity contribution in [3.63, 3.8) is 0 Å². The maximum absolute atomic E-state index is 3.64. The molecule has 0 radical (unpaired) electrons. The summed E-state index contributed by atoms with van der Waals surface area (Å²) in [6.07, 6.45) is 1.20. The van der Waals surface area contributed by atoms with Crippen molar-refractivity contribution in [2.75, 3.05) is 26.2 Å². The lowest BCUT2D eigenvalue weighted by Gasteiger charge is -2.22. The number of aryl methyl sites for hydroxylation is 1. The van der Waals surface area contributed by atoms with Crippen LogP contribution in [0.3, 0.4) is 0 Å². The molecule has 3 unspecified atom stereocenters. The predicted molar refractivity (Wildman–Crippen MR) is 87.0 cm³/mol. The van der Waals surface area contributed by atoms with Crippen molar-refractivity contribution in [3.05, 3.63) is 35.4 Å². The molecule has 0 aliphatic carbocycles. The van der Waals surface area contributed by atoms with E-state index in [2.05, 4.69) is 62.2 Å². The van der Waals surface area contributed by atoms with Crippen LogP contribution in [-0.4, -0.2) is 31.1 Å². The lowest BCUT2D eigenvalue weighted by atomic mass is 10.0. The number of likely N-dealkylation sites (tertiary alicyclic amines) is 1. The summed E-state index contributed by atoms with van der Waals surface area (Å²) in [6, 6.07) is 9.49. The van der Waals surface area contributed by atoms with Crippen LogP contribution in [0.25, 0.3) is 0 Å². The Balaban J connectivity index is 1.91. The van der Waals surface area contributed by atoms with Crippen LogP contribution in [0.2, 0.25) is 0 Å². The third kappa shape index (κ3) is 4.07. The van der Waals surface area contributed by atoms with Crippen LogP contribution in [-0.2, 0) is 0 Å². The van der Waals surface area contributed by atoms with Crippen molar-refractivity contribution in [3.8, 4) is 0 Å². The second-order valence-corrected chi connectivity index (χ2v) is 6.52. The van der Waals surface area contributed by atoms with Gasteiger partial charge in [0, 0.05) is 19.1 Å². The summed E-state index contributed by atoms with van der Waals surface area (Å²) in [5.41, 5.74) is 2.77. The molecular formula is C18H30N2. The Hall–Kier alpha value is -0.860. The molecule has 0 saturated carbocycles. The van der Waals surface area contributed by atoms with Gasteiger partial charge in [0.25, 0.3) is 0 Å². The van der Waals surface area contributed by atoms with E-state index in [4.69, 9.17) is 0 Å². The van der Waals surface area contributed by atoms with E-state index in [9.17, 15) is 0 Å². The second-order valence-electron chi connectivity index (χ2n) is 6.52. The van der Waals surface area contributed by atoms with Gasteiger partial charge >= 0.3 is 0 Å². The highest BCUT2D eigenvalue weighted by Gasteiger charge is 2.26. The van der Waals surface area contributed by atoms with Crippen molar-refractivity contribution < 1.29 is 0 Å². The molecule has 1 saturated heterocycles. The molecule has 0 spiro atoms. The van der Waals surface area contributed by atoms with Gasteiger partial charge in [-0.2, -0.15) is 0 Å². The number of benzene rings is 1. The van der Waals surface area contributed by atoms with Gasteiger partial charge in [-0.3, -0.25) is 0 Å². The van der Waals surface area contributed by atoms with Crippen molar-refractivity contribution in [1.29, 1.82) is 0 Å². The topological polar surface area (TPSA) is 15.3 Å². The smallest absolute Gasteiger partial charge is 0.0332 e. The van der Waals surface area contributed by atoms with Gasteiger partial charge in [-0.15, -0.1) is 0 Å². The third-order valence-corrected chi connectivity index (χ3v) is 4.73. The fraction of sp³-hybridized carbons (Fsp3) is 0.667. The Morgan fingerprint density at radius 1 is 1.15 bits per heavy atom. The van der Waals surface area contributed by atoms with E-state index >= 15 is 0 Å². The first kappa shape index (κ1) is 15.5. The molecule has 1 N–H and O–H groups in total. The Bertz CT molecular complexity index is 388. The molecule has 1 aromatic carbocycles. The largest absolute Gasteiger partial charge is 0.310 e. The van der Waals surface area contributed by atoms with E-state index in [0.717, 1.165) is 18.4 Å². The van der Waals surface area contributed by atoms with E-state index in [-0.39, 0.29) is 0 Å². The molecule has 2 rings (SSSR count). The minimum absolute atomic E-state index is 0.492. The standard InChI is InChI=1S/C18H30N2/c1-5-19-18(17-8-6-14(2)7-9-17)10-11-20-12-15(3)16(4)13-20/h6-9,15-16,18-19H,5,10-13H2,1-4H3. The van der Waals surface area contributed by atoms with Gasteiger partial charge < -0.3 is 10.2 Å². The van der Waals surface area contributed by atoms with Crippen LogP contribution >= 0.6 is 0 Å². The molecule has 1 aliphatic heterocycles. The van der Waals surface area contributed by atoms with Crippen molar-refractivity contribution in [2.45, 2.75) is 40.2 Å². The first-order valence-electron chi connectivity index (χ1n) is 8.12. The molecular weight excluding hydrogens is 244 g/mol. The predicted octanol–water partition coefficient (Wildman–Crippen LogP) is 3.62. The molecule has 3 atom stereocenters. The first-order valence-corrected chi connectivity index (χ1v) is 8.12. The molecule has 2 heteroatoms. The van der Waals surface area contributed by atoms with Crippen molar-refractivity contribution >= 4 is 0 Å². The summed E-state index contributed by atoms with van der Waals surface area (Å²) in [5, 5.41) is 3.64. The second kappa shape index (κ2) is 7.24. The highest BCUT2D eigenvalue weighted by Crippen LogP contribution is 2.24. The zero-order chi connectivity index (χ0) is 14.5. The lowest BCUT2D eigenvalue weighted by molar-refractivity contribution is 0.299. The molecule has 1 heterocycles. The van der Waals surface area contributed by atoms with Gasteiger partial charge in [-0.1, -0.05) is 50.6 Å². The summed E-state index contributed by atoms with van der Waals surface area (Å²) in [4.78, 5) is 2.63. The van der Waals surface area contributed by atoms with E-state index in [0.29, 0.717) is 6.04 Å². The van der Waals surface area contributed by atoms with Gasteiger partial charge in [0.15, 0.2) is 0 Å². The van der Waals surface area contributed by atoms with E-state index in [1.54, 1.807) is 0 Å². The van der Waals surface area contributed by atoms with Gasteiger partial charge in [0.05, 0.1) is 0 Å². The molecule has 1 aliphatic rings. The van der Waals surface area contributed by atoms with Crippen LogP contribution in [0, 0.1) is 18.8 Å². The van der Waals surface area contributed by atoms with Gasteiger partial charge in [0.1, 0.15) is 0 Å². The number of rotatable bonds is 6. The van der Waals surface area contributed by atoms with Crippen LogP contribution in [0.1, 0.15) is 44.4 Å².